The second-order valence-corrected chi connectivity index (χ2v) is 10.5. The largest absolute Gasteiger partial charge is 0.363 e. The van der Waals surface area contributed by atoms with Crippen LogP contribution in [0, 0.1) is 20.8 Å². The first-order valence-corrected chi connectivity index (χ1v) is 12.4. The minimum absolute atomic E-state index is 0.0733. The Morgan fingerprint density at radius 3 is 2.15 bits per heavy atom. The molecule has 0 spiro atoms. The topological polar surface area (TPSA) is 59.0 Å². The molecule has 3 aromatic rings. The molecule has 0 bridgehead atoms. The average Bonchev–Trinajstić information content (AvgIpc) is 3.15. The second-order valence-electron chi connectivity index (χ2n) is 10.5. The molecule has 2 aromatic carbocycles. The van der Waals surface area contributed by atoms with Crippen LogP contribution in [-0.4, -0.2) is 15.7 Å². The second kappa shape index (κ2) is 8.94. The third-order valence-corrected chi connectivity index (χ3v) is 7.52. The molecule has 0 radical (unpaired) electrons. The molecule has 4 rings (SSSR count). The maximum absolute atomic E-state index is 13.9. The van der Waals surface area contributed by atoms with Crippen molar-refractivity contribution in [1.82, 2.24) is 15.1 Å². The molecule has 0 fully saturated rings. The summed E-state index contributed by atoms with van der Waals surface area (Å²) < 4.78 is 2.01. The van der Waals surface area contributed by atoms with Gasteiger partial charge in [0.2, 0.25) is 0 Å². The molecule has 1 aliphatic rings. The van der Waals surface area contributed by atoms with E-state index in [4.69, 9.17) is 5.10 Å². The van der Waals surface area contributed by atoms with Crippen molar-refractivity contribution >= 4 is 11.7 Å². The van der Waals surface area contributed by atoms with Crippen molar-refractivity contribution in [3.8, 4) is 0 Å². The number of amides is 1. The Bertz CT molecular complexity index is 1170. The number of aromatic nitrogens is 2. The van der Waals surface area contributed by atoms with Gasteiger partial charge in [0.05, 0.1) is 22.8 Å². The lowest BCUT2D eigenvalue weighted by Crippen LogP contribution is -2.45. The van der Waals surface area contributed by atoms with Gasteiger partial charge in [-0.15, -0.1) is 0 Å². The van der Waals surface area contributed by atoms with Crippen LogP contribution in [0.3, 0.4) is 0 Å². The molecule has 2 N–H and O–H groups in total. The molecule has 34 heavy (non-hydrogen) atoms. The minimum Gasteiger partial charge on any atom is -0.363 e. The van der Waals surface area contributed by atoms with E-state index >= 15 is 0 Å². The van der Waals surface area contributed by atoms with Crippen LogP contribution >= 0.6 is 0 Å². The molecule has 1 aromatic heterocycles. The quantitative estimate of drug-likeness (QED) is 0.441. The van der Waals surface area contributed by atoms with Gasteiger partial charge in [-0.1, -0.05) is 73.5 Å². The van der Waals surface area contributed by atoms with E-state index in [9.17, 15) is 4.79 Å². The van der Waals surface area contributed by atoms with Crippen LogP contribution in [0.15, 0.2) is 48.5 Å². The SMILES string of the molecule is CCC(CC)(NC(=O)c1c(C)nn2c1NC(c1ccc(C)cc1)CC2(C)C)c1ccc(C)cc1. The first kappa shape index (κ1) is 24.1. The number of aryl methyl sites for hydroxylation is 3. The molecule has 1 amide bonds. The van der Waals surface area contributed by atoms with Gasteiger partial charge in [0.25, 0.3) is 5.91 Å². The first-order chi connectivity index (χ1) is 16.1. The van der Waals surface area contributed by atoms with Crippen molar-refractivity contribution in [2.45, 2.75) is 84.8 Å². The summed E-state index contributed by atoms with van der Waals surface area (Å²) >= 11 is 0. The van der Waals surface area contributed by atoms with Crippen molar-refractivity contribution in [3.63, 3.8) is 0 Å². The molecular formula is C29H38N4O. The van der Waals surface area contributed by atoms with E-state index in [1.54, 1.807) is 0 Å². The average molecular weight is 459 g/mol. The Morgan fingerprint density at radius 1 is 1.03 bits per heavy atom. The van der Waals surface area contributed by atoms with Crippen LogP contribution in [0.25, 0.3) is 0 Å². The predicted octanol–water partition coefficient (Wildman–Crippen LogP) is 6.55. The zero-order valence-corrected chi connectivity index (χ0v) is 21.6. The maximum atomic E-state index is 13.9. The minimum atomic E-state index is -0.424. The highest BCUT2D eigenvalue weighted by molar-refractivity contribution is 6.00. The van der Waals surface area contributed by atoms with Gasteiger partial charge in [0.1, 0.15) is 11.4 Å². The standard InChI is InChI=1S/C29H38N4O/c1-8-29(9-2,23-16-12-20(4)13-17-23)31-27(34)25-21(5)32-33-26(25)30-24(18-28(33,6)7)22-14-10-19(3)11-15-22/h10-17,24,30H,8-9,18H2,1-7H3,(H,31,34). The molecule has 0 saturated carbocycles. The number of fused-ring (bicyclic) bond motifs is 1. The smallest absolute Gasteiger partial charge is 0.257 e. The summed E-state index contributed by atoms with van der Waals surface area (Å²) in [5.41, 5.74) is 5.58. The number of anilines is 1. The van der Waals surface area contributed by atoms with Crippen LogP contribution in [0.4, 0.5) is 5.82 Å². The van der Waals surface area contributed by atoms with E-state index in [1.165, 1.54) is 16.7 Å². The summed E-state index contributed by atoms with van der Waals surface area (Å²) in [6, 6.07) is 17.3. The Balaban J connectivity index is 1.72. The molecule has 2 heterocycles. The molecule has 0 aliphatic carbocycles. The Morgan fingerprint density at radius 2 is 1.59 bits per heavy atom. The number of nitrogens with one attached hydrogen (secondary N) is 2. The lowest BCUT2D eigenvalue weighted by atomic mass is 9.84. The zero-order chi connectivity index (χ0) is 24.7. The number of hydrogen-bond acceptors (Lipinski definition) is 3. The number of rotatable bonds is 6. The van der Waals surface area contributed by atoms with Gasteiger partial charge in [-0.05, 0) is 65.0 Å². The van der Waals surface area contributed by atoms with Crippen LogP contribution in [0.2, 0.25) is 0 Å². The van der Waals surface area contributed by atoms with E-state index in [1.807, 2.05) is 11.6 Å². The van der Waals surface area contributed by atoms with Crippen molar-refractivity contribution in [3.05, 3.63) is 82.0 Å². The van der Waals surface area contributed by atoms with Crippen molar-refractivity contribution in [2.75, 3.05) is 5.32 Å². The molecule has 0 saturated heterocycles. The number of nitrogens with zero attached hydrogens (tertiary/aromatic N) is 2. The van der Waals surface area contributed by atoms with E-state index in [0.29, 0.717) is 5.56 Å². The van der Waals surface area contributed by atoms with E-state index < -0.39 is 5.54 Å². The van der Waals surface area contributed by atoms with Crippen molar-refractivity contribution in [2.24, 2.45) is 0 Å². The summed E-state index contributed by atoms with van der Waals surface area (Å²) in [5.74, 6) is 0.734. The first-order valence-electron chi connectivity index (χ1n) is 12.4. The number of benzene rings is 2. The summed E-state index contributed by atoms with van der Waals surface area (Å²) in [6.45, 7) is 14.8. The van der Waals surface area contributed by atoms with Gasteiger partial charge in [0.15, 0.2) is 0 Å². The molecule has 180 valence electrons. The molecule has 1 atom stereocenters. The fourth-order valence-corrected chi connectivity index (χ4v) is 5.23. The fourth-order valence-electron chi connectivity index (χ4n) is 5.23. The number of carbonyl (C=O) groups excluding carboxylic acids is 1. The zero-order valence-electron chi connectivity index (χ0n) is 21.6. The van der Waals surface area contributed by atoms with Gasteiger partial charge in [0, 0.05) is 0 Å². The van der Waals surface area contributed by atoms with E-state index in [2.05, 4.69) is 101 Å². The summed E-state index contributed by atoms with van der Waals surface area (Å²) in [4.78, 5) is 13.9. The molecule has 5 nitrogen and oxygen atoms in total. The van der Waals surface area contributed by atoms with Crippen molar-refractivity contribution < 1.29 is 4.79 Å². The van der Waals surface area contributed by atoms with Crippen LogP contribution in [0.5, 0.6) is 0 Å². The lowest BCUT2D eigenvalue weighted by Gasteiger charge is -2.39. The van der Waals surface area contributed by atoms with Crippen LogP contribution in [-0.2, 0) is 11.1 Å². The molecule has 1 aliphatic heterocycles. The third-order valence-electron chi connectivity index (χ3n) is 7.52. The summed E-state index contributed by atoms with van der Waals surface area (Å²) in [7, 11) is 0. The van der Waals surface area contributed by atoms with Crippen molar-refractivity contribution in [1.29, 1.82) is 0 Å². The fraction of sp³-hybridized carbons (Fsp3) is 0.448. The van der Waals surface area contributed by atoms with E-state index in [0.717, 1.165) is 36.3 Å². The normalized spacial score (nSPS) is 17.1. The Labute approximate surface area is 204 Å². The Kier molecular flexibility index (Phi) is 6.32. The van der Waals surface area contributed by atoms with Gasteiger partial charge in [-0.3, -0.25) is 4.79 Å². The number of hydrogen-bond donors (Lipinski definition) is 2. The maximum Gasteiger partial charge on any atom is 0.257 e. The highest BCUT2D eigenvalue weighted by Gasteiger charge is 2.39. The molecule has 1 unspecified atom stereocenters. The monoisotopic (exact) mass is 458 g/mol. The van der Waals surface area contributed by atoms with E-state index in [-0.39, 0.29) is 17.5 Å². The lowest BCUT2D eigenvalue weighted by molar-refractivity contribution is 0.0889. The summed E-state index contributed by atoms with van der Waals surface area (Å²) in [5, 5.41) is 11.9. The predicted molar refractivity (Wildman–Crippen MR) is 139 cm³/mol. The van der Waals surface area contributed by atoms with Gasteiger partial charge in [-0.2, -0.15) is 5.10 Å². The summed E-state index contributed by atoms with van der Waals surface area (Å²) in [6.07, 6.45) is 2.51. The number of carbonyl (C=O) groups is 1. The third kappa shape index (κ3) is 4.24. The molecule has 5 heteroatoms. The highest BCUT2D eigenvalue weighted by atomic mass is 16.2. The van der Waals surface area contributed by atoms with Gasteiger partial charge < -0.3 is 10.6 Å². The van der Waals surface area contributed by atoms with Crippen LogP contribution in [0.1, 0.15) is 91.3 Å². The van der Waals surface area contributed by atoms with Gasteiger partial charge >= 0.3 is 0 Å². The van der Waals surface area contributed by atoms with Gasteiger partial charge in [-0.25, -0.2) is 4.68 Å². The highest BCUT2D eigenvalue weighted by Crippen LogP contribution is 2.41. The Hall–Kier alpha value is -3.08. The van der Waals surface area contributed by atoms with Crippen LogP contribution < -0.4 is 10.6 Å². The molecular weight excluding hydrogens is 420 g/mol.